The third-order valence-electron chi connectivity index (χ3n) is 5.23. The van der Waals surface area contributed by atoms with E-state index < -0.39 is 35.3 Å². The maximum atomic E-state index is 12.5. The number of alkyl carbamates (subject to hydrolysis) is 1. The van der Waals surface area contributed by atoms with Crippen LogP contribution in [0, 0.1) is 4.91 Å². The van der Waals surface area contributed by atoms with Gasteiger partial charge in [0.25, 0.3) is 0 Å². The van der Waals surface area contributed by atoms with Crippen molar-refractivity contribution < 1.29 is 24.2 Å². The first kappa shape index (κ1) is 29.7. The van der Waals surface area contributed by atoms with Crippen LogP contribution in [0.2, 0.25) is 0 Å². The molecule has 0 aromatic rings. The Morgan fingerprint density at radius 1 is 1.18 bits per heavy atom. The van der Waals surface area contributed by atoms with E-state index in [-0.39, 0.29) is 30.0 Å². The molecule has 190 valence electrons. The van der Waals surface area contributed by atoms with Gasteiger partial charge in [0.1, 0.15) is 11.6 Å². The number of aliphatic hydroxyl groups is 1. The summed E-state index contributed by atoms with van der Waals surface area (Å²) < 4.78 is 4.90. The summed E-state index contributed by atoms with van der Waals surface area (Å²) in [5.74, 6) is -0.178. The summed E-state index contributed by atoms with van der Waals surface area (Å²) in [6, 6.07) is -1.45. The highest BCUT2D eigenvalue weighted by molar-refractivity contribution is 8.77. The molecule has 3 unspecified atom stereocenters. The van der Waals surface area contributed by atoms with Crippen molar-refractivity contribution in [1.29, 1.82) is 0 Å². The van der Waals surface area contributed by atoms with Crippen molar-refractivity contribution in [2.75, 3.05) is 25.9 Å². The van der Waals surface area contributed by atoms with E-state index >= 15 is 0 Å². The van der Waals surface area contributed by atoms with Gasteiger partial charge in [0.2, 0.25) is 5.91 Å². The van der Waals surface area contributed by atoms with Gasteiger partial charge in [-0.15, -0.1) is 0 Å². The van der Waals surface area contributed by atoms with E-state index in [9.17, 15) is 24.4 Å². The highest BCUT2D eigenvalue weighted by atomic mass is 33.1. The number of hydrogen-bond acceptors (Lipinski definition) is 10. The number of nitrogens with zero attached hydrogens (tertiary/aromatic N) is 2. The predicted molar refractivity (Wildman–Crippen MR) is 132 cm³/mol. The van der Waals surface area contributed by atoms with E-state index in [1.54, 1.807) is 42.4 Å². The Morgan fingerprint density at radius 2 is 1.82 bits per heavy atom. The number of rotatable bonds is 12. The zero-order valence-corrected chi connectivity index (χ0v) is 22.2. The molecule has 2 amide bonds. The van der Waals surface area contributed by atoms with E-state index in [0.717, 1.165) is 0 Å². The topological polar surface area (TPSA) is 137 Å². The first-order valence-corrected chi connectivity index (χ1v) is 13.3. The number of ether oxygens (including phenoxy) is 1. The van der Waals surface area contributed by atoms with Crippen LogP contribution in [0.4, 0.5) is 4.79 Å². The molecule has 3 atom stereocenters. The number of hydrogen-bond donors (Lipinski definition) is 3. The number of Topliss-reactive ketones (excluding diaryl/α,β-unsaturated/α-hetero) is 1. The maximum Gasteiger partial charge on any atom is 0.407 e. The first-order chi connectivity index (χ1) is 15.1. The van der Waals surface area contributed by atoms with E-state index in [0.29, 0.717) is 18.7 Å². The average molecular weight is 507 g/mol. The van der Waals surface area contributed by atoms with Gasteiger partial charge in [0, 0.05) is 30.6 Å². The van der Waals surface area contributed by atoms with Crippen LogP contribution < -0.4 is 10.6 Å². The summed E-state index contributed by atoms with van der Waals surface area (Å²) >= 11 is 0. The standard InChI is InChI=1S/C21H38N4O6S2/c1-14(26)21(29,25-13-15(24-30)12-16(25)17(27)22-7)9-8-20(5,6)33-32-11-10-23-18(28)31-19(2,3)4/h15-16,29H,8-13H2,1-7H3,(H,22,27)(H,23,28). The quantitative estimate of drug-likeness (QED) is 0.207. The number of amides is 2. The summed E-state index contributed by atoms with van der Waals surface area (Å²) in [5.41, 5.74) is -2.41. The zero-order chi connectivity index (χ0) is 25.4. The summed E-state index contributed by atoms with van der Waals surface area (Å²) in [5, 5.41) is 19.6. The fraction of sp³-hybridized carbons (Fsp3) is 0.857. The largest absolute Gasteiger partial charge is 0.444 e. The molecule has 0 aromatic heterocycles. The van der Waals surface area contributed by atoms with Crippen LogP contribution in [0.15, 0.2) is 5.18 Å². The number of ketones is 1. The third-order valence-corrected chi connectivity index (χ3v) is 8.58. The zero-order valence-electron chi connectivity index (χ0n) is 20.6. The van der Waals surface area contributed by atoms with E-state index in [2.05, 4.69) is 15.8 Å². The van der Waals surface area contributed by atoms with Crippen molar-refractivity contribution in [3.05, 3.63) is 4.91 Å². The lowest BCUT2D eigenvalue weighted by molar-refractivity contribution is -0.167. The molecule has 1 fully saturated rings. The molecule has 0 saturated carbocycles. The van der Waals surface area contributed by atoms with Crippen LogP contribution in [0.1, 0.15) is 60.8 Å². The normalized spacial score (nSPS) is 21.2. The molecule has 1 saturated heterocycles. The second-order valence-electron chi connectivity index (χ2n) is 9.74. The Hall–Kier alpha value is -1.37. The molecule has 1 aliphatic heterocycles. The molecule has 0 aromatic carbocycles. The van der Waals surface area contributed by atoms with Gasteiger partial charge < -0.3 is 20.5 Å². The summed E-state index contributed by atoms with van der Waals surface area (Å²) in [4.78, 5) is 49.0. The third kappa shape index (κ3) is 9.42. The molecule has 3 N–H and O–H groups in total. The lowest BCUT2D eigenvalue weighted by Gasteiger charge is -2.39. The minimum absolute atomic E-state index is 0.0519. The van der Waals surface area contributed by atoms with Crippen LogP contribution in [-0.4, -0.2) is 81.8 Å². The smallest absolute Gasteiger partial charge is 0.407 e. The van der Waals surface area contributed by atoms with Crippen molar-refractivity contribution in [2.45, 2.75) is 89.0 Å². The van der Waals surface area contributed by atoms with Crippen molar-refractivity contribution in [1.82, 2.24) is 15.5 Å². The Morgan fingerprint density at radius 3 is 2.33 bits per heavy atom. The van der Waals surface area contributed by atoms with Crippen molar-refractivity contribution in [2.24, 2.45) is 5.18 Å². The summed E-state index contributed by atoms with van der Waals surface area (Å²) in [6.07, 6.45) is 0.296. The van der Waals surface area contributed by atoms with E-state index in [1.807, 2.05) is 13.8 Å². The second kappa shape index (κ2) is 12.4. The van der Waals surface area contributed by atoms with Gasteiger partial charge in [-0.05, 0) is 60.8 Å². The van der Waals surface area contributed by atoms with Gasteiger partial charge in [-0.1, -0.05) is 26.8 Å². The van der Waals surface area contributed by atoms with Gasteiger partial charge in [0.15, 0.2) is 11.5 Å². The number of carbonyl (C=O) groups excluding carboxylic acids is 3. The van der Waals surface area contributed by atoms with E-state index in [1.165, 1.54) is 18.9 Å². The molecule has 12 heteroatoms. The van der Waals surface area contributed by atoms with Crippen LogP contribution in [-0.2, 0) is 14.3 Å². The highest BCUT2D eigenvalue weighted by Crippen LogP contribution is 2.41. The SMILES string of the molecule is CNC(=O)C1CC(N=O)CN1C(O)(CCC(C)(C)SSCCNC(=O)OC(C)(C)C)C(C)=O. The highest BCUT2D eigenvalue weighted by Gasteiger charge is 2.50. The van der Waals surface area contributed by atoms with Crippen LogP contribution in [0.3, 0.4) is 0 Å². The van der Waals surface area contributed by atoms with E-state index in [4.69, 9.17) is 4.74 Å². The molecule has 0 aliphatic carbocycles. The fourth-order valence-corrected chi connectivity index (χ4v) is 5.94. The number of carbonyl (C=O) groups is 3. The minimum atomic E-state index is -1.86. The van der Waals surface area contributed by atoms with Gasteiger partial charge in [-0.25, -0.2) is 4.79 Å². The lowest BCUT2D eigenvalue weighted by Crippen LogP contribution is -2.59. The Balaban J connectivity index is 2.65. The molecule has 10 nitrogen and oxygen atoms in total. The van der Waals surface area contributed by atoms with Gasteiger partial charge in [0.05, 0.1) is 6.04 Å². The number of nitrogens with one attached hydrogen (secondary N) is 2. The number of likely N-dealkylation sites (N-methyl/N-ethyl adjacent to an activating group) is 1. The molecule has 0 bridgehead atoms. The molecule has 0 spiro atoms. The number of likely N-dealkylation sites (tertiary alicyclic amines) is 1. The van der Waals surface area contributed by atoms with Crippen molar-refractivity contribution >= 4 is 39.4 Å². The monoisotopic (exact) mass is 506 g/mol. The summed E-state index contributed by atoms with van der Waals surface area (Å²) in [7, 11) is 4.64. The molecule has 33 heavy (non-hydrogen) atoms. The second-order valence-corrected chi connectivity index (χ2v) is 12.9. The Kier molecular flexibility index (Phi) is 11.1. The average Bonchev–Trinajstić information content (AvgIpc) is 3.14. The number of nitroso groups, excluding NO2 is 1. The van der Waals surface area contributed by atoms with Gasteiger partial charge in [-0.3, -0.25) is 14.5 Å². The van der Waals surface area contributed by atoms with Crippen molar-refractivity contribution in [3.8, 4) is 0 Å². The summed E-state index contributed by atoms with van der Waals surface area (Å²) in [6.45, 7) is 11.2. The predicted octanol–water partition coefficient (Wildman–Crippen LogP) is 2.68. The van der Waals surface area contributed by atoms with Crippen molar-refractivity contribution in [3.63, 3.8) is 0 Å². The Labute approximate surface area is 204 Å². The van der Waals surface area contributed by atoms with Crippen LogP contribution >= 0.6 is 21.6 Å². The molecule has 0 radical (unpaired) electrons. The molecular weight excluding hydrogens is 468 g/mol. The maximum absolute atomic E-state index is 12.5. The molecule has 1 rings (SSSR count). The molecule has 1 heterocycles. The van der Waals surface area contributed by atoms with Gasteiger partial charge in [-0.2, -0.15) is 4.91 Å². The molecule has 1 aliphatic rings. The fourth-order valence-electron chi connectivity index (χ4n) is 3.46. The molecular formula is C21H38N4O6S2. The minimum Gasteiger partial charge on any atom is -0.444 e. The lowest BCUT2D eigenvalue weighted by atomic mass is 9.94. The van der Waals surface area contributed by atoms with Gasteiger partial charge >= 0.3 is 6.09 Å². The van der Waals surface area contributed by atoms with Crippen LogP contribution in [0.25, 0.3) is 0 Å². The van der Waals surface area contributed by atoms with Crippen LogP contribution in [0.5, 0.6) is 0 Å². The Bertz CT molecular complexity index is 715. The first-order valence-electron chi connectivity index (χ1n) is 11.0.